The smallest absolute Gasteiger partial charge is 0.306 e. The molecule has 0 aromatic carbocycles. The molecule has 1 aromatic heterocycles. The number of carbonyl (C=O) groups excluding carboxylic acids is 1. The SMILES string of the molecule is O=C(O)C1CCC(C(=O)NCc2ncc[nH]2)C1. The van der Waals surface area contributed by atoms with Crippen LogP contribution in [0.3, 0.4) is 0 Å². The fourth-order valence-corrected chi connectivity index (χ4v) is 2.15. The van der Waals surface area contributed by atoms with Gasteiger partial charge in [0.1, 0.15) is 5.82 Å². The number of carboxylic acid groups (broad SMARTS) is 1. The second kappa shape index (κ2) is 4.99. The van der Waals surface area contributed by atoms with Crippen LogP contribution in [0.25, 0.3) is 0 Å². The van der Waals surface area contributed by atoms with E-state index in [-0.39, 0.29) is 17.7 Å². The van der Waals surface area contributed by atoms with Crippen molar-refractivity contribution in [2.24, 2.45) is 11.8 Å². The largest absolute Gasteiger partial charge is 0.481 e. The molecule has 6 nitrogen and oxygen atoms in total. The van der Waals surface area contributed by atoms with E-state index in [4.69, 9.17) is 5.11 Å². The van der Waals surface area contributed by atoms with Crippen molar-refractivity contribution in [1.29, 1.82) is 0 Å². The normalized spacial score (nSPS) is 23.5. The predicted octanol–water partition coefficient (Wildman–Crippen LogP) is 0.527. The Morgan fingerprint density at radius 3 is 2.82 bits per heavy atom. The van der Waals surface area contributed by atoms with Crippen LogP contribution in [0.1, 0.15) is 25.1 Å². The lowest BCUT2D eigenvalue weighted by Crippen LogP contribution is -2.29. The molecule has 1 aromatic rings. The number of amides is 1. The molecular weight excluding hydrogens is 222 g/mol. The van der Waals surface area contributed by atoms with Crippen molar-refractivity contribution in [2.75, 3.05) is 0 Å². The lowest BCUT2D eigenvalue weighted by Gasteiger charge is -2.09. The molecule has 0 bridgehead atoms. The van der Waals surface area contributed by atoms with Gasteiger partial charge in [-0.3, -0.25) is 9.59 Å². The van der Waals surface area contributed by atoms with Crippen molar-refractivity contribution in [3.8, 4) is 0 Å². The second-order valence-electron chi connectivity index (χ2n) is 4.30. The van der Waals surface area contributed by atoms with Crippen LogP contribution in [0.5, 0.6) is 0 Å². The molecule has 1 amide bonds. The molecule has 0 spiro atoms. The minimum atomic E-state index is -0.800. The number of H-pyrrole nitrogens is 1. The third kappa shape index (κ3) is 2.83. The number of aromatic amines is 1. The maximum atomic E-state index is 11.8. The number of rotatable bonds is 4. The first-order chi connectivity index (χ1) is 8.16. The van der Waals surface area contributed by atoms with Crippen LogP contribution in [0.2, 0.25) is 0 Å². The summed E-state index contributed by atoms with van der Waals surface area (Å²) >= 11 is 0. The number of aliphatic carboxylic acids is 1. The Bertz CT molecular complexity index is 402. The number of hydrogen-bond acceptors (Lipinski definition) is 3. The molecule has 2 atom stereocenters. The van der Waals surface area contributed by atoms with Crippen molar-refractivity contribution in [1.82, 2.24) is 15.3 Å². The van der Waals surface area contributed by atoms with E-state index < -0.39 is 5.97 Å². The van der Waals surface area contributed by atoms with Gasteiger partial charge in [0, 0.05) is 18.3 Å². The number of aromatic nitrogens is 2. The molecule has 1 aliphatic carbocycles. The standard InChI is InChI=1S/C11H15N3O3/c15-10(14-6-9-12-3-4-13-9)7-1-2-8(5-7)11(16)17/h3-4,7-8H,1-2,5-6H2,(H,12,13)(H,14,15)(H,16,17). The van der Waals surface area contributed by atoms with Gasteiger partial charge in [-0.2, -0.15) is 0 Å². The average molecular weight is 237 g/mol. The Kier molecular flexibility index (Phi) is 3.41. The van der Waals surface area contributed by atoms with Gasteiger partial charge in [0.15, 0.2) is 0 Å². The van der Waals surface area contributed by atoms with Crippen molar-refractivity contribution >= 4 is 11.9 Å². The summed E-state index contributed by atoms with van der Waals surface area (Å²) < 4.78 is 0. The van der Waals surface area contributed by atoms with Crippen LogP contribution >= 0.6 is 0 Å². The Morgan fingerprint density at radius 2 is 2.24 bits per heavy atom. The van der Waals surface area contributed by atoms with Gasteiger partial charge in [0.05, 0.1) is 12.5 Å². The molecule has 6 heteroatoms. The highest BCUT2D eigenvalue weighted by Crippen LogP contribution is 2.31. The second-order valence-corrected chi connectivity index (χ2v) is 4.30. The van der Waals surface area contributed by atoms with Crippen molar-refractivity contribution < 1.29 is 14.7 Å². The van der Waals surface area contributed by atoms with E-state index in [1.165, 1.54) is 0 Å². The Morgan fingerprint density at radius 1 is 1.47 bits per heavy atom. The molecule has 1 saturated carbocycles. The zero-order chi connectivity index (χ0) is 12.3. The average Bonchev–Trinajstić information content (AvgIpc) is 2.96. The third-order valence-electron chi connectivity index (χ3n) is 3.14. The number of nitrogens with zero attached hydrogens (tertiary/aromatic N) is 1. The molecule has 92 valence electrons. The summed E-state index contributed by atoms with van der Waals surface area (Å²) in [5.74, 6) is -0.719. The first-order valence-corrected chi connectivity index (χ1v) is 5.65. The molecule has 1 heterocycles. The van der Waals surface area contributed by atoms with Crippen LogP contribution in [0.4, 0.5) is 0 Å². The van der Waals surface area contributed by atoms with E-state index in [9.17, 15) is 9.59 Å². The van der Waals surface area contributed by atoms with Crippen LogP contribution < -0.4 is 5.32 Å². The zero-order valence-corrected chi connectivity index (χ0v) is 9.35. The Hall–Kier alpha value is -1.85. The first kappa shape index (κ1) is 11.6. The Balaban J connectivity index is 1.79. The van der Waals surface area contributed by atoms with Crippen LogP contribution in [-0.2, 0) is 16.1 Å². The third-order valence-corrected chi connectivity index (χ3v) is 3.14. The zero-order valence-electron chi connectivity index (χ0n) is 9.35. The number of nitrogens with one attached hydrogen (secondary N) is 2. The maximum absolute atomic E-state index is 11.8. The quantitative estimate of drug-likeness (QED) is 0.711. The Labute approximate surface area is 98.4 Å². The highest BCUT2D eigenvalue weighted by molar-refractivity contribution is 5.80. The van der Waals surface area contributed by atoms with Gasteiger partial charge >= 0.3 is 5.97 Å². The molecule has 1 fully saturated rings. The van der Waals surface area contributed by atoms with Gasteiger partial charge in [0.25, 0.3) is 0 Å². The highest BCUT2D eigenvalue weighted by atomic mass is 16.4. The molecule has 1 aliphatic rings. The van der Waals surface area contributed by atoms with E-state index in [2.05, 4.69) is 15.3 Å². The predicted molar refractivity (Wildman–Crippen MR) is 58.9 cm³/mol. The van der Waals surface area contributed by atoms with E-state index in [1.54, 1.807) is 12.4 Å². The van der Waals surface area contributed by atoms with Gasteiger partial charge in [-0.25, -0.2) is 4.98 Å². The summed E-state index contributed by atoms with van der Waals surface area (Å²) in [6, 6.07) is 0. The topological polar surface area (TPSA) is 95.1 Å². The summed E-state index contributed by atoms with van der Waals surface area (Å²) in [7, 11) is 0. The molecule has 17 heavy (non-hydrogen) atoms. The maximum Gasteiger partial charge on any atom is 0.306 e. The van der Waals surface area contributed by atoms with E-state index in [0.717, 1.165) is 0 Å². The van der Waals surface area contributed by atoms with Gasteiger partial charge < -0.3 is 15.4 Å². The van der Waals surface area contributed by atoms with Crippen molar-refractivity contribution in [2.45, 2.75) is 25.8 Å². The van der Waals surface area contributed by atoms with Crippen LogP contribution in [-0.4, -0.2) is 27.0 Å². The molecular formula is C11H15N3O3. The molecule has 2 rings (SSSR count). The van der Waals surface area contributed by atoms with E-state index in [0.29, 0.717) is 31.6 Å². The van der Waals surface area contributed by atoms with Crippen molar-refractivity contribution in [3.05, 3.63) is 18.2 Å². The van der Waals surface area contributed by atoms with Crippen LogP contribution in [0.15, 0.2) is 12.4 Å². The molecule has 3 N–H and O–H groups in total. The minimum Gasteiger partial charge on any atom is -0.481 e. The van der Waals surface area contributed by atoms with Gasteiger partial charge in [-0.1, -0.05) is 0 Å². The molecule has 0 radical (unpaired) electrons. The monoisotopic (exact) mass is 237 g/mol. The minimum absolute atomic E-state index is 0.0786. The number of carboxylic acids is 1. The fourth-order valence-electron chi connectivity index (χ4n) is 2.15. The molecule has 0 saturated heterocycles. The van der Waals surface area contributed by atoms with Crippen molar-refractivity contribution in [3.63, 3.8) is 0 Å². The number of hydrogen-bond donors (Lipinski definition) is 3. The summed E-state index contributed by atoms with van der Waals surface area (Å²) in [5, 5.41) is 11.6. The molecule has 0 aliphatic heterocycles. The lowest BCUT2D eigenvalue weighted by molar-refractivity contribution is -0.141. The number of imidazole rings is 1. The van der Waals surface area contributed by atoms with Crippen LogP contribution in [0, 0.1) is 11.8 Å². The lowest BCUT2D eigenvalue weighted by atomic mass is 10.0. The summed E-state index contributed by atoms with van der Waals surface area (Å²) in [5.41, 5.74) is 0. The summed E-state index contributed by atoms with van der Waals surface area (Å²) in [6.45, 7) is 0.361. The van der Waals surface area contributed by atoms with Gasteiger partial charge in [-0.15, -0.1) is 0 Å². The fraction of sp³-hybridized carbons (Fsp3) is 0.545. The summed E-state index contributed by atoms with van der Waals surface area (Å²) in [4.78, 5) is 29.4. The first-order valence-electron chi connectivity index (χ1n) is 5.65. The number of carbonyl (C=O) groups is 2. The van der Waals surface area contributed by atoms with E-state index in [1.807, 2.05) is 0 Å². The van der Waals surface area contributed by atoms with Gasteiger partial charge in [0.2, 0.25) is 5.91 Å². The molecule has 2 unspecified atom stereocenters. The van der Waals surface area contributed by atoms with Gasteiger partial charge in [-0.05, 0) is 19.3 Å². The highest BCUT2D eigenvalue weighted by Gasteiger charge is 2.33. The van der Waals surface area contributed by atoms with E-state index >= 15 is 0 Å². The summed E-state index contributed by atoms with van der Waals surface area (Å²) in [6.07, 6.45) is 5.00.